The fourth-order valence-electron chi connectivity index (χ4n) is 11.2. The van der Waals surface area contributed by atoms with Crippen LogP contribution < -0.4 is 0 Å². The molecule has 14 aromatic rings. The maximum Gasteiger partial charge on any atom is 0.0541 e. The van der Waals surface area contributed by atoms with Crippen molar-refractivity contribution in [2.24, 2.45) is 0 Å². The monoisotopic (exact) mass is 940 g/mol. The molecule has 2 aromatic heterocycles. The van der Waals surface area contributed by atoms with Crippen molar-refractivity contribution in [2.45, 2.75) is 0 Å². The lowest BCUT2D eigenvalue weighted by molar-refractivity contribution is 1.18. The van der Waals surface area contributed by atoms with E-state index in [1.165, 1.54) is 122 Å². The number of fused-ring (bicyclic) bond motifs is 6. The summed E-state index contributed by atoms with van der Waals surface area (Å²) in [5, 5.41) is 4.96. The number of aromatic nitrogens is 2. The average Bonchev–Trinajstić information content (AvgIpc) is 4.00. The number of para-hydroxylation sites is 2. The minimum Gasteiger partial charge on any atom is -0.309 e. The SMILES string of the molecule is c1ccc(-c2cccc(-c3cccc(-c4ccc(-c5ccc(-c6cccc(-n7c8ccccc8c8cc(-c9ccc%10c(c9)c9ccccc9n%10-c9cccc(-c%10ccccc%10)c9)ccc87)c6)cc5)cc4)c3)c2)cc1. The van der Waals surface area contributed by atoms with Crippen LogP contribution in [0.5, 0.6) is 0 Å². The second-order valence-corrected chi connectivity index (χ2v) is 19.3. The van der Waals surface area contributed by atoms with Gasteiger partial charge in [-0.1, -0.05) is 218 Å². The molecule has 74 heavy (non-hydrogen) atoms. The van der Waals surface area contributed by atoms with Crippen molar-refractivity contribution >= 4 is 43.6 Å². The first-order chi connectivity index (χ1) is 36.7. The molecule has 0 saturated carbocycles. The van der Waals surface area contributed by atoms with E-state index >= 15 is 0 Å². The molecule has 0 saturated heterocycles. The molecule has 0 atom stereocenters. The highest BCUT2D eigenvalue weighted by Crippen LogP contribution is 2.40. The van der Waals surface area contributed by atoms with Gasteiger partial charge in [0.2, 0.25) is 0 Å². The summed E-state index contributed by atoms with van der Waals surface area (Å²) in [6.07, 6.45) is 0. The van der Waals surface area contributed by atoms with Crippen molar-refractivity contribution in [1.29, 1.82) is 0 Å². The first-order valence-corrected chi connectivity index (χ1v) is 25.5. The molecule has 0 fully saturated rings. The Morgan fingerprint density at radius 1 is 0.149 bits per heavy atom. The van der Waals surface area contributed by atoms with E-state index in [4.69, 9.17) is 0 Å². The molecule has 0 bridgehead atoms. The summed E-state index contributed by atoms with van der Waals surface area (Å²) in [5.41, 5.74) is 23.9. The lowest BCUT2D eigenvalue weighted by atomic mass is 9.95. The average molecular weight is 941 g/mol. The summed E-state index contributed by atoms with van der Waals surface area (Å²) in [7, 11) is 0. The Kier molecular flexibility index (Phi) is 10.6. The van der Waals surface area contributed by atoms with Crippen LogP contribution in [-0.4, -0.2) is 9.13 Å². The highest BCUT2D eigenvalue weighted by Gasteiger charge is 2.17. The molecule has 0 spiro atoms. The van der Waals surface area contributed by atoms with Gasteiger partial charge in [0.05, 0.1) is 22.1 Å². The molecule has 2 heterocycles. The van der Waals surface area contributed by atoms with Crippen molar-refractivity contribution in [3.8, 4) is 89.3 Å². The molecule has 0 unspecified atom stereocenters. The molecule has 2 nitrogen and oxygen atoms in total. The second kappa shape index (κ2) is 18.1. The smallest absolute Gasteiger partial charge is 0.0541 e. The van der Waals surface area contributed by atoms with Gasteiger partial charge in [0.15, 0.2) is 0 Å². The predicted octanol–water partition coefficient (Wildman–Crippen LogP) is 19.5. The first kappa shape index (κ1) is 43.1. The lowest BCUT2D eigenvalue weighted by Gasteiger charge is -2.12. The zero-order chi connectivity index (χ0) is 49.0. The van der Waals surface area contributed by atoms with Crippen molar-refractivity contribution in [1.82, 2.24) is 9.13 Å². The van der Waals surface area contributed by atoms with Gasteiger partial charge in [0.25, 0.3) is 0 Å². The van der Waals surface area contributed by atoms with E-state index in [1.54, 1.807) is 0 Å². The maximum atomic E-state index is 2.42. The zero-order valence-corrected chi connectivity index (χ0v) is 40.6. The van der Waals surface area contributed by atoms with Gasteiger partial charge in [0.1, 0.15) is 0 Å². The fourth-order valence-corrected chi connectivity index (χ4v) is 11.2. The fraction of sp³-hybridized carbons (Fsp3) is 0. The topological polar surface area (TPSA) is 9.86 Å². The Balaban J connectivity index is 0.749. The van der Waals surface area contributed by atoms with Crippen LogP contribution in [0.3, 0.4) is 0 Å². The Morgan fingerprint density at radius 3 is 0.811 bits per heavy atom. The standard InChI is InChI=1S/C72H48N2/c1-3-15-49(16-4-1)55-19-11-21-57(43-55)58-22-12-20-56(44-58)53-35-31-51(32-36-53)52-33-37-54(38-34-52)60-24-14-26-64(46-60)74-70-30-10-8-28-66(70)68-48-62(40-42-72(68)74)61-39-41-71-67(47-61)65-27-7-9-29-69(65)73(71)63-25-13-23-59(45-63)50-17-5-2-6-18-50/h1-48H. The third kappa shape index (κ3) is 7.69. The molecule has 0 amide bonds. The number of rotatable bonds is 9. The lowest BCUT2D eigenvalue weighted by Crippen LogP contribution is -1.94. The molecule has 0 aliphatic heterocycles. The molecule has 0 aliphatic rings. The Hall–Kier alpha value is -9.76. The van der Waals surface area contributed by atoms with Gasteiger partial charge in [0, 0.05) is 32.9 Å². The summed E-state index contributed by atoms with van der Waals surface area (Å²) >= 11 is 0. The number of hydrogen-bond donors (Lipinski definition) is 0. The Bertz CT molecular complexity index is 4390. The van der Waals surface area contributed by atoms with E-state index in [-0.39, 0.29) is 0 Å². The minimum absolute atomic E-state index is 1.14. The van der Waals surface area contributed by atoms with Crippen LogP contribution in [0.4, 0.5) is 0 Å². The van der Waals surface area contributed by atoms with Crippen LogP contribution >= 0.6 is 0 Å². The van der Waals surface area contributed by atoms with Gasteiger partial charge in [-0.15, -0.1) is 0 Å². The molecule has 12 aromatic carbocycles. The summed E-state index contributed by atoms with van der Waals surface area (Å²) < 4.78 is 4.83. The third-order valence-electron chi connectivity index (χ3n) is 14.9. The molecular formula is C72H48N2. The van der Waals surface area contributed by atoms with E-state index < -0.39 is 0 Å². The van der Waals surface area contributed by atoms with Gasteiger partial charge in [-0.3, -0.25) is 0 Å². The highest BCUT2D eigenvalue weighted by atomic mass is 15.0. The van der Waals surface area contributed by atoms with E-state index in [0.29, 0.717) is 0 Å². The van der Waals surface area contributed by atoms with E-state index in [0.717, 1.165) is 11.4 Å². The van der Waals surface area contributed by atoms with E-state index in [2.05, 4.69) is 300 Å². The van der Waals surface area contributed by atoms with Crippen LogP contribution in [0.25, 0.3) is 133 Å². The van der Waals surface area contributed by atoms with Crippen LogP contribution in [-0.2, 0) is 0 Å². The molecular weight excluding hydrogens is 893 g/mol. The Morgan fingerprint density at radius 2 is 0.405 bits per heavy atom. The quantitative estimate of drug-likeness (QED) is 0.136. The van der Waals surface area contributed by atoms with Crippen molar-refractivity contribution in [3.05, 3.63) is 291 Å². The molecule has 0 aliphatic carbocycles. The summed E-state index contributed by atoms with van der Waals surface area (Å²) in [5.74, 6) is 0. The predicted molar refractivity (Wildman–Crippen MR) is 313 cm³/mol. The molecule has 0 radical (unpaired) electrons. The summed E-state index contributed by atoms with van der Waals surface area (Å²) in [4.78, 5) is 0. The number of hydrogen-bond acceptors (Lipinski definition) is 0. The molecule has 2 heteroatoms. The molecule has 0 N–H and O–H groups in total. The van der Waals surface area contributed by atoms with Crippen LogP contribution in [0.1, 0.15) is 0 Å². The minimum atomic E-state index is 1.14. The molecule has 14 rings (SSSR count). The normalized spacial score (nSPS) is 11.5. The van der Waals surface area contributed by atoms with Crippen molar-refractivity contribution in [3.63, 3.8) is 0 Å². The molecule has 346 valence electrons. The number of benzene rings is 12. The summed E-state index contributed by atoms with van der Waals surface area (Å²) in [6.45, 7) is 0. The highest BCUT2D eigenvalue weighted by molar-refractivity contribution is 6.13. The second-order valence-electron chi connectivity index (χ2n) is 19.3. The number of nitrogens with zero attached hydrogens (tertiary/aromatic N) is 2. The van der Waals surface area contributed by atoms with Gasteiger partial charge in [-0.05, 0) is 151 Å². The maximum absolute atomic E-state index is 2.42. The van der Waals surface area contributed by atoms with E-state index in [1.807, 2.05) is 0 Å². The van der Waals surface area contributed by atoms with Gasteiger partial charge >= 0.3 is 0 Å². The van der Waals surface area contributed by atoms with Crippen LogP contribution in [0, 0.1) is 0 Å². The summed E-state index contributed by atoms with van der Waals surface area (Å²) in [6, 6.07) is 106. The van der Waals surface area contributed by atoms with Gasteiger partial charge in [-0.25, -0.2) is 0 Å². The Labute approximate surface area is 431 Å². The largest absolute Gasteiger partial charge is 0.309 e. The van der Waals surface area contributed by atoms with Crippen molar-refractivity contribution in [2.75, 3.05) is 0 Å². The zero-order valence-electron chi connectivity index (χ0n) is 40.6. The van der Waals surface area contributed by atoms with Gasteiger partial charge < -0.3 is 9.13 Å². The van der Waals surface area contributed by atoms with Crippen LogP contribution in [0.2, 0.25) is 0 Å². The van der Waals surface area contributed by atoms with Crippen molar-refractivity contribution < 1.29 is 0 Å². The first-order valence-electron chi connectivity index (χ1n) is 25.5. The van der Waals surface area contributed by atoms with Gasteiger partial charge in [-0.2, -0.15) is 0 Å². The van der Waals surface area contributed by atoms with Crippen LogP contribution in [0.15, 0.2) is 291 Å². The van der Waals surface area contributed by atoms with E-state index in [9.17, 15) is 0 Å². The third-order valence-corrected chi connectivity index (χ3v) is 14.9.